The Hall–Kier alpha value is 1.56. The summed E-state index contributed by atoms with van der Waals surface area (Å²) in [5.74, 6) is 0. The molecular formula is CH3ClNa2O3. The van der Waals surface area contributed by atoms with Gasteiger partial charge in [-0.25, -0.2) is 4.79 Å². The third-order valence-electron chi connectivity index (χ3n) is 0.0660. The van der Waals surface area contributed by atoms with Gasteiger partial charge < -0.3 is 12.2 Å². The van der Waals surface area contributed by atoms with Crippen molar-refractivity contribution in [3.05, 3.63) is 0 Å². The Kier molecular flexibility index (Phi) is 23.8. The fourth-order valence-corrected chi connectivity index (χ4v) is 0. The molecule has 0 saturated heterocycles. The van der Waals surface area contributed by atoms with Crippen molar-refractivity contribution in [3.8, 4) is 0 Å². The molecule has 0 atom stereocenters. The molecule has 0 aliphatic carbocycles. The van der Waals surface area contributed by atoms with Crippen LogP contribution in [0.2, 0.25) is 0 Å². The maximum absolute atomic E-state index is 9.01. The van der Waals surface area contributed by atoms with E-state index in [4.69, 9.17) is 9.90 Å². The van der Waals surface area contributed by atoms with Gasteiger partial charge in [0.2, 0.25) is 0 Å². The van der Waals surface area contributed by atoms with Crippen molar-refractivity contribution in [1.82, 2.24) is 0 Å². The van der Waals surface area contributed by atoms with Crippen molar-refractivity contribution < 1.29 is 76.2 Å². The second-order valence-corrected chi connectivity index (χ2v) is 0.497. The van der Waals surface area contributed by atoms with Crippen LogP contribution in [0.3, 0.4) is 0 Å². The molecule has 0 aliphatic rings. The molecule has 0 aromatic heterocycles. The first-order valence-corrected chi connectivity index (χ1v) is 1.09. The van der Waals surface area contributed by atoms with Gasteiger partial charge in [-0.05, 0) is 0 Å². The van der Waals surface area contributed by atoms with Crippen LogP contribution >= 0.6 is 11.9 Å². The van der Waals surface area contributed by atoms with E-state index in [0.29, 0.717) is 0 Å². The van der Waals surface area contributed by atoms with E-state index in [2.05, 4.69) is 16.2 Å². The molecule has 34 valence electrons. The summed E-state index contributed by atoms with van der Waals surface area (Å²) < 4.78 is 3.14. The first-order chi connectivity index (χ1) is 2.27. The Morgan fingerprint density at radius 3 is 1.86 bits per heavy atom. The number of hydrogen-bond acceptors (Lipinski definition) is 2. The second kappa shape index (κ2) is 10.5. The van der Waals surface area contributed by atoms with Crippen LogP contribution in [-0.2, 0) is 4.29 Å². The Balaban J connectivity index is -0.0000000133. The van der Waals surface area contributed by atoms with Gasteiger partial charge in [-0.2, -0.15) is 0 Å². The molecule has 0 spiro atoms. The molecule has 0 saturated carbocycles. The molecule has 6 heteroatoms. The van der Waals surface area contributed by atoms with Crippen LogP contribution in [0.15, 0.2) is 0 Å². The fourth-order valence-electron chi connectivity index (χ4n) is 0. The van der Waals surface area contributed by atoms with Gasteiger partial charge in [0.1, 0.15) is 11.9 Å². The minimum Gasteiger partial charge on any atom is -1.00 e. The average Bonchev–Trinajstić information content (AvgIpc) is 1.38. The van der Waals surface area contributed by atoms with E-state index >= 15 is 0 Å². The molecule has 0 radical (unpaired) electrons. The average molecular weight is 144 g/mol. The molecule has 0 aromatic rings. The van der Waals surface area contributed by atoms with Crippen LogP contribution in [0.1, 0.15) is 2.85 Å². The van der Waals surface area contributed by atoms with Gasteiger partial charge in [0, 0.05) is 0 Å². The van der Waals surface area contributed by atoms with Gasteiger partial charge in [-0.3, -0.25) is 0 Å². The van der Waals surface area contributed by atoms with E-state index in [1.807, 2.05) is 0 Å². The van der Waals surface area contributed by atoms with Crippen LogP contribution in [0.4, 0.5) is 4.79 Å². The predicted octanol–water partition coefficient (Wildman–Crippen LogP) is -4.93. The van der Waals surface area contributed by atoms with Crippen molar-refractivity contribution in [1.29, 1.82) is 0 Å². The van der Waals surface area contributed by atoms with Crippen LogP contribution < -0.4 is 59.1 Å². The van der Waals surface area contributed by atoms with E-state index in [-0.39, 0.29) is 62.0 Å². The summed E-state index contributed by atoms with van der Waals surface area (Å²) in [7, 11) is 0. The molecule has 0 bridgehead atoms. The monoisotopic (exact) mass is 144 g/mol. The summed E-state index contributed by atoms with van der Waals surface area (Å²) in [4.78, 5) is 9.01. The van der Waals surface area contributed by atoms with Gasteiger partial charge in [0.15, 0.2) is 0 Å². The number of halogens is 1. The minimum absolute atomic E-state index is 0. The van der Waals surface area contributed by atoms with Crippen molar-refractivity contribution in [2.75, 3.05) is 0 Å². The summed E-state index contributed by atoms with van der Waals surface area (Å²) in [5, 5.41) is 7.37. The molecular weight excluding hydrogens is 141 g/mol. The topological polar surface area (TPSA) is 46.5 Å². The zero-order chi connectivity index (χ0) is 4.28. The Morgan fingerprint density at radius 2 is 1.86 bits per heavy atom. The third-order valence-corrected chi connectivity index (χ3v) is 0.198. The SMILES string of the molecule is O=C(O)OCl.[H-].[H-].[Na+].[Na+]. The predicted molar refractivity (Wildman–Crippen MR) is 17.2 cm³/mol. The Bertz CT molecular complexity index is 55.1. The summed E-state index contributed by atoms with van der Waals surface area (Å²) in [6.45, 7) is 0. The van der Waals surface area contributed by atoms with Crippen LogP contribution in [0, 0.1) is 0 Å². The molecule has 0 unspecified atom stereocenters. The van der Waals surface area contributed by atoms with Crippen LogP contribution in [0.5, 0.6) is 0 Å². The van der Waals surface area contributed by atoms with Crippen molar-refractivity contribution in [2.24, 2.45) is 0 Å². The molecule has 1 N–H and O–H groups in total. The second-order valence-electron chi connectivity index (χ2n) is 0.343. The summed E-state index contributed by atoms with van der Waals surface area (Å²) in [5.41, 5.74) is 0. The first kappa shape index (κ1) is 15.8. The number of rotatable bonds is 0. The molecule has 0 fully saturated rings. The standard InChI is InChI=1S/CHClO3.2Na.2H/c2-5-1(3)4;;;;/h(H,3,4);;;;/q;2*+1;2*-1. The zero-order valence-corrected chi connectivity index (χ0v) is 8.90. The molecule has 0 heterocycles. The van der Waals surface area contributed by atoms with Crippen LogP contribution in [0.25, 0.3) is 0 Å². The molecule has 0 rings (SSSR count). The van der Waals surface area contributed by atoms with E-state index in [1.165, 1.54) is 0 Å². The molecule has 3 nitrogen and oxygen atoms in total. The van der Waals surface area contributed by atoms with E-state index < -0.39 is 6.16 Å². The van der Waals surface area contributed by atoms with Crippen molar-refractivity contribution in [3.63, 3.8) is 0 Å². The van der Waals surface area contributed by atoms with E-state index in [1.54, 1.807) is 0 Å². The smallest absolute Gasteiger partial charge is 1.00 e. The fraction of sp³-hybridized carbons (Fsp3) is 0. The molecule has 0 aliphatic heterocycles. The van der Waals surface area contributed by atoms with Gasteiger partial charge >= 0.3 is 65.3 Å². The normalized spacial score (nSPS) is 4.71. The van der Waals surface area contributed by atoms with Gasteiger partial charge in [0.25, 0.3) is 0 Å². The zero-order valence-electron chi connectivity index (χ0n) is 6.14. The molecule has 0 aromatic carbocycles. The summed E-state index contributed by atoms with van der Waals surface area (Å²) >= 11 is 4.24. The van der Waals surface area contributed by atoms with E-state index in [0.717, 1.165) is 0 Å². The van der Waals surface area contributed by atoms with Crippen molar-refractivity contribution >= 4 is 18.0 Å². The molecule has 0 amide bonds. The first-order valence-electron chi connectivity index (χ1n) is 0.786. The maximum Gasteiger partial charge on any atom is 1.00 e. The number of carbonyl (C=O) groups is 1. The van der Waals surface area contributed by atoms with E-state index in [9.17, 15) is 0 Å². The maximum atomic E-state index is 9.01. The quantitative estimate of drug-likeness (QED) is 0.347. The van der Waals surface area contributed by atoms with Crippen LogP contribution in [-0.4, -0.2) is 11.3 Å². The Labute approximate surface area is 93.1 Å². The molecule has 7 heavy (non-hydrogen) atoms. The largest absolute Gasteiger partial charge is 1.00 e. The van der Waals surface area contributed by atoms with Gasteiger partial charge in [-0.1, -0.05) is 0 Å². The minimum atomic E-state index is -1.48. The number of hydrogen-bond donors (Lipinski definition) is 1. The summed E-state index contributed by atoms with van der Waals surface area (Å²) in [6.07, 6.45) is -1.48. The van der Waals surface area contributed by atoms with Gasteiger partial charge in [0.05, 0.1) is 0 Å². The van der Waals surface area contributed by atoms with Crippen molar-refractivity contribution in [2.45, 2.75) is 0 Å². The summed E-state index contributed by atoms with van der Waals surface area (Å²) in [6, 6.07) is 0. The van der Waals surface area contributed by atoms with Gasteiger partial charge in [-0.15, -0.1) is 0 Å². The Morgan fingerprint density at radius 1 is 1.71 bits per heavy atom. The third kappa shape index (κ3) is 18.4. The number of carboxylic acid groups (broad SMARTS) is 1.